The van der Waals surface area contributed by atoms with Gasteiger partial charge in [-0.3, -0.25) is 0 Å². The molecule has 6 rings (SSSR count). The average Bonchev–Trinajstić information content (AvgIpc) is 3.05. The van der Waals surface area contributed by atoms with Crippen molar-refractivity contribution in [1.29, 1.82) is 5.26 Å². The van der Waals surface area contributed by atoms with Crippen LogP contribution < -0.4 is 4.90 Å². The van der Waals surface area contributed by atoms with Crippen LogP contribution in [0.15, 0.2) is 146 Å². The molecule has 0 heterocycles. The maximum Gasteiger partial charge on any atom is 0.0991 e. The summed E-state index contributed by atoms with van der Waals surface area (Å²) in [5.74, 6) is 13.3. The Kier molecular flexibility index (Phi) is 7.28. The van der Waals surface area contributed by atoms with Gasteiger partial charge in [-0.05, 0) is 95.7 Å². The van der Waals surface area contributed by atoms with Crippen LogP contribution in [-0.4, -0.2) is 0 Å². The number of benzene rings is 6. The van der Waals surface area contributed by atoms with Crippen molar-refractivity contribution in [2.45, 2.75) is 0 Å². The van der Waals surface area contributed by atoms with Crippen molar-refractivity contribution in [3.63, 3.8) is 0 Å². The van der Waals surface area contributed by atoms with Crippen molar-refractivity contribution in [2.24, 2.45) is 0 Å². The number of nitriles is 1. The van der Waals surface area contributed by atoms with E-state index in [9.17, 15) is 0 Å². The molecule has 0 unspecified atom stereocenters. The molecule has 0 aliphatic heterocycles. The predicted octanol–water partition coefficient (Wildman–Crippen LogP) is 8.98. The fraction of sp³-hybridized carbons (Fsp3) is 0. The lowest BCUT2D eigenvalue weighted by Gasteiger charge is -2.25. The SMILES string of the molecule is N#Cc1ccc(C#Cc2ccc(C#Cc3ccc(N(c4ccccc4)c4ccccc4)cc3)c3ccccc23)cc1. The first-order chi connectivity index (χ1) is 20.3. The molecular weight excluding hydrogens is 496 g/mol. The molecule has 0 fully saturated rings. The van der Waals surface area contributed by atoms with Gasteiger partial charge in [0.05, 0.1) is 11.6 Å². The molecule has 2 nitrogen and oxygen atoms in total. The van der Waals surface area contributed by atoms with Crippen LogP contribution in [-0.2, 0) is 0 Å². The third-order valence-corrected chi connectivity index (χ3v) is 6.78. The maximum atomic E-state index is 9.02. The third kappa shape index (κ3) is 5.72. The van der Waals surface area contributed by atoms with Crippen molar-refractivity contribution < 1.29 is 0 Å². The molecule has 0 aliphatic carbocycles. The number of fused-ring (bicyclic) bond motifs is 1. The molecule has 0 aromatic heterocycles. The quantitative estimate of drug-likeness (QED) is 0.218. The van der Waals surface area contributed by atoms with Gasteiger partial charge in [-0.25, -0.2) is 0 Å². The maximum absolute atomic E-state index is 9.02. The van der Waals surface area contributed by atoms with Gasteiger partial charge in [-0.2, -0.15) is 5.26 Å². The van der Waals surface area contributed by atoms with E-state index in [1.54, 1.807) is 12.1 Å². The van der Waals surface area contributed by atoms with Crippen LogP contribution in [0.1, 0.15) is 27.8 Å². The second-order valence-electron chi connectivity index (χ2n) is 9.45. The molecule has 0 saturated heterocycles. The van der Waals surface area contributed by atoms with Crippen molar-refractivity contribution >= 4 is 27.8 Å². The van der Waals surface area contributed by atoms with Crippen molar-refractivity contribution in [2.75, 3.05) is 4.90 Å². The molecule has 41 heavy (non-hydrogen) atoms. The van der Waals surface area contributed by atoms with Gasteiger partial charge in [0.2, 0.25) is 0 Å². The lowest BCUT2D eigenvalue weighted by atomic mass is 9.99. The Morgan fingerprint density at radius 2 is 0.756 bits per heavy atom. The van der Waals surface area contributed by atoms with E-state index in [0.29, 0.717) is 5.56 Å². The van der Waals surface area contributed by atoms with Crippen LogP contribution in [0.3, 0.4) is 0 Å². The summed E-state index contributed by atoms with van der Waals surface area (Å²) in [6.45, 7) is 0. The predicted molar refractivity (Wildman–Crippen MR) is 168 cm³/mol. The minimum Gasteiger partial charge on any atom is -0.311 e. The van der Waals surface area contributed by atoms with Gasteiger partial charge in [0, 0.05) is 39.3 Å². The highest BCUT2D eigenvalue weighted by molar-refractivity contribution is 5.93. The Morgan fingerprint density at radius 1 is 0.366 bits per heavy atom. The fourth-order valence-electron chi connectivity index (χ4n) is 4.72. The van der Waals surface area contributed by atoms with Gasteiger partial charge in [0.25, 0.3) is 0 Å². The minimum atomic E-state index is 0.628. The monoisotopic (exact) mass is 520 g/mol. The molecule has 0 atom stereocenters. The average molecular weight is 521 g/mol. The fourth-order valence-corrected chi connectivity index (χ4v) is 4.72. The second-order valence-corrected chi connectivity index (χ2v) is 9.45. The lowest BCUT2D eigenvalue weighted by molar-refractivity contribution is 1.28. The highest BCUT2D eigenvalue weighted by Gasteiger charge is 2.11. The van der Waals surface area contributed by atoms with Crippen molar-refractivity contribution in [1.82, 2.24) is 0 Å². The lowest BCUT2D eigenvalue weighted by Crippen LogP contribution is -2.09. The smallest absolute Gasteiger partial charge is 0.0991 e. The molecule has 0 radical (unpaired) electrons. The molecule has 0 spiro atoms. The zero-order valence-electron chi connectivity index (χ0n) is 22.3. The summed E-state index contributed by atoms with van der Waals surface area (Å²) < 4.78 is 0. The van der Waals surface area contributed by atoms with Crippen LogP contribution in [0.4, 0.5) is 17.1 Å². The number of hydrogen-bond donors (Lipinski definition) is 0. The Morgan fingerprint density at radius 3 is 1.22 bits per heavy atom. The molecule has 6 aromatic carbocycles. The zero-order chi connectivity index (χ0) is 27.9. The van der Waals surface area contributed by atoms with E-state index >= 15 is 0 Å². The second kappa shape index (κ2) is 11.8. The summed E-state index contributed by atoms with van der Waals surface area (Å²) in [6, 6.07) is 50.9. The van der Waals surface area contributed by atoms with Crippen LogP contribution in [0.2, 0.25) is 0 Å². The molecule has 0 amide bonds. The Hall–Kier alpha value is -6.01. The van der Waals surface area contributed by atoms with Crippen LogP contribution in [0.25, 0.3) is 10.8 Å². The minimum absolute atomic E-state index is 0.628. The van der Waals surface area contributed by atoms with Gasteiger partial charge in [-0.15, -0.1) is 0 Å². The summed E-state index contributed by atoms with van der Waals surface area (Å²) in [6.07, 6.45) is 0. The zero-order valence-corrected chi connectivity index (χ0v) is 22.3. The van der Waals surface area contributed by atoms with E-state index in [2.05, 4.69) is 120 Å². The summed E-state index contributed by atoms with van der Waals surface area (Å²) in [7, 11) is 0. The highest BCUT2D eigenvalue weighted by Crippen LogP contribution is 2.34. The van der Waals surface area contributed by atoms with Gasteiger partial charge < -0.3 is 4.90 Å². The summed E-state index contributed by atoms with van der Waals surface area (Å²) in [4.78, 5) is 2.24. The van der Waals surface area contributed by atoms with Crippen molar-refractivity contribution in [3.05, 3.63) is 173 Å². The number of rotatable bonds is 3. The van der Waals surface area contributed by atoms with E-state index in [1.807, 2.05) is 48.5 Å². The Labute approximate surface area is 240 Å². The van der Waals surface area contributed by atoms with Gasteiger partial charge in [-0.1, -0.05) is 84.3 Å². The summed E-state index contributed by atoms with van der Waals surface area (Å²) >= 11 is 0. The van der Waals surface area contributed by atoms with E-state index < -0.39 is 0 Å². The van der Waals surface area contributed by atoms with Gasteiger partial charge in [0.1, 0.15) is 0 Å². The molecule has 190 valence electrons. The number of nitrogens with zero attached hydrogens (tertiary/aromatic N) is 2. The summed E-state index contributed by atoms with van der Waals surface area (Å²) in [5.41, 5.74) is 7.64. The van der Waals surface area contributed by atoms with Gasteiger partial charge in [0.15, 0.2) is 0 Å². The normalized spacial score (nSPS) is 10.0. The van der Waals surface area contributed by atoms with E-state index in [-0.39, 0.29) is 0 Å². The van der Waals surface area contributed by atoms with E-state index in [4.69, 9.17) is 5.26 Å². The van der Waals surface area contributed by atoms with E-state index in [1.165, 1.54) is 0 Å². The Balaban J connectivity index is 1.29. The van der Waals surface area contributed by atoms with Crippen LogP contribution in [0, 0.1) is 35.0 Å². The highest BCUT2D eigenvalue weighted by atomic mass is 15.1. The van der Waals surface area contributed by atoms with Crippen LogP contribution >= 0.6 is 0 Å². The van der Waals surface area contributed by atoms with Crippen molar-refractivity contribution in [3.8, 4) is 29.8 Å². The molecule has 0 bridgehead atoms. The first-order valence-corrected chi connectivity index (χ1v) is 13.3. The molecule has 0 N–H and O–H groups in total. The number of para-hydroxylation sites is 2. The Bertz CT molecular complexity index is 1940. The molecule has 0 saturated carbocycles. The third-order valence-electron chi connectivity index (χ3n) is 6.78. The molecule has 0 aliphatic rings. The number of anilines is 3. The molecule has 2 heteroatoms. The first kappa shape index (κ1) is 25.3. The summed E-state index contributed by atoms with van der Waals surface area (Å²) in [5, 5.41) is 11.2. The first-order valence-electron chi connectivity index (χ1n) is 13.3. The van der Waals surface area contributed by atoms with Crippen LogP contribution in [0.5, 0.6) is 0 Å². The standard InChI is InChI=1S/C39H24N2/c40-29-32-17-15-30(16-18-32)19-23-33-25-26-34(39-14-8-7-13-38(33)39)24-20-31-21-27-37(28-22-31)41(35-9-3-1-4-10-35)36-11-5-2-6-12-36/h1-18,21-22,25-28H. The molecular formula is C39H24N2. The number of hydrogen-bond acceptors (Lipinski definition) is 2. The molecule has 6 aromatic rings. The van der Waals surface area contributed by atoms with Gasteiger partial charge >= 0.3 is 0 Å². The largest absolute Gasteiger partial charge is 0.311 e. The van der Waals surface area contributed by atoms with E-state index in [0.717, 1.165) is 50.1 Å². The topological polar surface area (TPSA) is 27.0 Å².